The lowest BCUT2D eigenvalue weighted by Crippen LogP contribution is -2.42. The lowest BCUT2D eigenvalue weighted by molar-refractivity contribution is 0.0527. The molecule has 1 saturated carbocycles. The number of alkyl carbamates (subject to hydrolysis) is 1. The van der Waals surface area contributed by atoms with Gasteiger partial charge in [-0.15, -0.1) is 0 Å². The molecule has 0 aromatic heterocycles. The number of hydrogen-bond acceptors (Lipinski definition) is 4. The summed E-state index contributed by atoms with van der Waals surface area (Å²) in [6.45, 7) is 11.6. The maximum absolute atomic E-state index is 11.6. The number of amides is 1. The van der Waals surface area contributed by atoms with Gasteiger partial charge in [0.05, 0.1) is 0 Å². The van der Waals surface area contributed by atoms with E-state index in [1.165, 1.54) is 25.7 Å². The molecule has 1 aliphatic rings. The third-order valence-electron chi connectivity index (χ3n) is 4.32. The fourth-order valence-electron chi connectivity index (χ4n) is 2.99. The number of likely N-dealkylation sites (N-methyl/N-ethyl adjacent to an activating group) is 1. The van der Waals surface area contributed by atoms with E-state index in [-0.39, 0.29) is 6.09 Å². The monoisotopic (exact) mass is 369 g/mol. The van der Waals surface area contributed by atoms with Gasteiger partial charge in [-0.1, -0.05) is 12.8 Å². The molecule has 0 aliphatic heterocycles. The fraction of sp³-hybridized carbons (Fsp3) is 0.895. The van der Waals surface area contributed by atoms with Gasteiger partial charge >= 0.3 is 6.09 Å². The summed E-state index contributed by atoms with van der Waals surface area (Å²) in [7, 11) is 2.21. The summed E-state index contributed by atoms with van der Waals surface area (Å²) >= 11 is 0. The lowest BCUT2D eigenvalue weighted by atomic mass is 10.2. The molecule has 0 radical (unpaired) electrons. The van der Waals surface area contributed by atoms with E-state index >= 15 is 0 Å². The zero-order chi connectivity index (χ0) is 19.4. The first kappa shape index (κ1) is 22.5. The highest BCUT2D eigenvalue weighted by molar-refractivity contribution is 5.79. The molecule has 0 aromatic carbocycles. The van der Waals surface area contributed by atoms with Gasteiger partial charge in [0.1, 0.15) is 5.60 Å². The maximum atomic E-state index is 11.6. The molecule has 0 aromatic rings. The molecule has 0 heterocycles. The first-order valence-corrected chi connectivity index (χ1v) is 10.0. The largest absolute Gasteiger partial charge is 0.444 e. The Morgan fingerprint density at radius 2 is 1.85 bits per heavy atom. The van der Waals surface area contributed by atoms with Crippen LogP contribution in [0.3, 0.4) is 0 Å². The number of aliphatic imine (C=N–C) groups is 1. The average Bonchev–Trinajstić information content (AvgIpc) is 3.07. The van der Waals surface area contributed by atoms with Crippen LogP contribution in [0, 0.1) is 0 Å². The molecule has 0 atom stereocenters. The van der Waals surface area contributed by atoms with E-state index in [0.29, 0.717) is 13.1 Å². The van der Waals surface area contributed by atoms with Crippen molar-refractivity contribution in [3.63, 3.8) is 0 Å². The van der Waals surface area contributed by atoms with Crippen molar-refractivity contribution in [1.29, 1.82) is 0 Å². The van der Waals surface area contributed by atoms with Gasteiger partial charge in [-0.05, 0) is 54.0 Å². The van der Waals surface area contributed by atoms with Crippen LogP contribution < -0.4 is 16.0 Å². The van der Waals surface area contributed by atoms with E-state index < -0.39 is 5.60 Å². The van der Waals surface area contributed by atoms with Crippen LogP contribution in [0.4, 0.5) is 4.79 Å². The first-order chi connectivity index (χ1) is 12.3. The Labute approximate surface area is 159 Å². The quantitative estimate of drug-likeness (QED) is 0.330. The SMILES string of the molecule is CCNC(=NCCCNC(=O)OC(C)(C)C)NCCN(C)C1CCCC1. The van der Waals surface area contributed by atoms with E-state index in [0.717, 1.165) is 38.1 Å². The van der Waals surface area contributed by atoms with Gasteiger partial charge in [0.2, 0.25) is 0 Å². The van der Waals surface area contributed by atoms with Crippen LogP contribution in [0.2, 0.25) is 0 Å². The van der Waals surface area contributed by atoms with Crippen molar-refractivity contribution >= 4 is 12.1 Å². The second-order valence-electron chi connectivity index (χ2n) is 7.89. The Kier molecular flexibility index (Phi) is 10.4. The van der Waals surface area contributed by atoms with Crippen LogP contribution in [0.15, 0.2) is 4.99 Å². The third-order valence-corrected chi connectivity index (χ3v) is 4.32. The number of hydrogen-bond donors (Lipinski definition) is 3. The predicted molar refractivity (Wildman–Crippen MR) is 108 cm³/mol. The first-order valence-electron chi connectivity index (χ1n) is 10.0. The average molecular weight is 370 g/mol. The highest BCUT2D eigenvalue weighted by Gasteiger charge is 2.19. The molecule has 7 heteroatoms. The minimum absolute atomic E-state index is 0.374. The number of nitrogens with one attached hydrogen (secondary N) is 3. The molecule has 1 aliphatic carbocycles. The fourth-order valence-corrected chi connectivity index (χ4v) is 2.99. The molecule has 1 rings (SSSR count). The number of ether oxygens (including phenoxy) is 1. The minimum Gasteiger partial charge on any atom is -0.444 e. The molecular weight excluding hydrogens is 330 g/mol. The van der Waals surface area contributed by atoms with Gasteiger partial charge < -0.3 is 25.6 Å². The van der Waals surface area contributed by atoms with E-state index in [9.17, 15) is 4.79 Å². The summed E-state index contributed by atoms with van der Waals surface area (Å²) in [5.41, 5.74) is -0.462. The summed E-state index contributed by atoms with van der Waals surface area (Å²) in [4.78, 5) is 18.6. The van der Waals surface area contributed by atoms with Gasteiger partial charge in [0.25, 0.3) is 0 Å². The molecule has 1 amide bonds. The van der Waals surface area contributed by atoms with Gasteiger partial charge in [-0.3, -0.25) is 4.99 Å². The van der Waals surface area contributed by atoms with E-state index in [1.807, 2.05) is 20.8 Å². The summed E-state index contributed by atoms with van der Waals surface area (Å²) in [6.07, 6.45) is 5.79. The smallest absolute Gasteiger partial charge is 0.407 e. The summed E-state index contributed by atoms with van der Waals surface area (Å²) in [6, 6.07) is 0.746. The maximum Gasteiger partial charge on any atom is 0.407 e. The Hall–Kier alpha value is -1.50. The van der Waals surface area contributed by atoms with Crippen molar-refractivity contribution in [2.24, 2.45) is 4.99 Å². The van der Waals surface area contributed by atoms with Crippen molar-refractivity contribution in [2.75, 3.05) is 39.8 Å². The summed E-state index contributed by atoms with van der Waals surface area (Å²) < 4.78 is 5.21. The molecule has 0 unspecified atom stereocenters. The molecule has 7 nitrogen and oxygen atoms in total. The predicted octanol–water partition coefficient (Wildman–Crippen LogP) is 2.33. The second-order valence-corrected chi connectivity index (χ2v) is 7.89. The molecule has 0 bridgehead atoms. The van der Waals surface area contributed by atoms with Crippen LogP contribution in [-0.4, -0.2) is 68.4 Å². The molecule has 3 N–H and O–H groups in total. The van der Waals surface area contributed by atoms with Crippen molar-refractivity contribution in [2.45, 2.75) is 71.4 Å². The minimum atomic E-state index is -0.462. The Bertz CT molecular complexity index is 428. The highest BCUT2D eigenvalue weighted by Crippen LogP contribution is 2.21. The van der Waals surface area contributed by atoms with Crippen LogP contribution >= 0.6 is 0 Å². The van der Waals surface area contributed by atoms with Gasteiger partial charge in [-0.25, -0.2) is 4.79 Å². The van der Waals surface area contributed by atoms with Crippen molar-refractivity contribution < 1.29 is 9.53 Å². The number of guanidine groups is 1. The molecule has 26 heavy (non-hydrogen) atoms. The topological polar surface area (TPSA) is 78.0 Å². The molecular formula is C19H39N5O2. The molecule has 152 valence electrons. The third kappa shape index (κ3) is 10.5. The van der Waals surface area contributed by atoms with E-state index in [2.05, 4.69) is 39.8 Å². The van der Waals surface area contributed by atoms with Crippen LogP contribution in [0.1, 0.15) is 59.8 Å². The zero-order valence-corrected chi connectivity index (χ0v) is 17.4. The van der Waals surface area contributed by atoms with E-state index in [4.69, 9.17) is 4.74 Å². The number of carbonyl (C=O) groups excluding carboxylic acids is 1. The van der Waals surface area contributed by atoms with Crippen molar-refractivity contribution in [1.82, 2.24) is 20.9 Å². The second kappa shape index (κ2) is 12.0. The number of rotatable bonds is 9. The van der Waals surface area contributed by atoms with Crippen molar-refractivity contribution in [3.8, 4) is 0 Å². The number of carbonyl (C=O) groups is 1. The van der Waals surface area contributed by atoms with Crippen molar-refractivity contribution in [3.05, 3.63) is 0 Å². The molecule has 1 fully saturated rings. The normalized spacial score (nSPS) is 16.0. The summed E-state index contributed by atoms with van der Waals surface area (Å²) in [5, 5.41) is 9.41. The standard InChI is InChI=1S/C19H39N5O2/c1-6-20-17(22-14-15-24(5)16-10-7-8-11-16)21-12-9-13-23-18(25)26-19(2,3)4/h16H,6-15H2,1-5H3,(H,23,25)(H2,20,21,22). The summed E-state index contributed by atoms with van der Waals surface area (Å²) in [5.74, 6) is 0.838. The molecule has 0 saturated heterocycles. The van der Waals surface area contributed by atoms with Gasteiger partial charge in [0, 0.05) is 38.8 Å². The number of nitrogens with zero attached hydrogens (tertiary/aromatic N) is 2. The van der Waals surface area contributed by atoms with Crippen LogP contribution in [0.25, 0.3) is 0 Å². The Balaban J connectivity index is 2.20. The lowest BCUT2D eigenvalue weighted by Gasteiger charge is -2.24. The Morgan fingerprint density at radius 1 is 1.15 bits per heavy atom. The highest BCUT2D eigenvalue weighted by atomic mass is 16.6. The van der Waals surface area contributed by atoms with E-state index in [1.54, 1.807) is 0 Å². The molecule has 0 spiro atoms. The van der Waals surface area contributed by atoms with Gasteiger partial charge in [0.15, 0.2) is 5.96 Å². The Morgan fingerprint density at radius 3 is 2.46 bits per heavy atom. The van der Waals surface area contributed by atoms with Gasteiger partial charge in [-0.2, -0.15) is 0 Å². The van der Waals surface area contributed by atoms with Crippen LogP contribution in [-0.2, 0) is 4.74 Å². The van der Waals surface area contributed by atoms with Crippen LogP contribution in [0.5, 0.6) is 0 Å². The zero-order valence-electron chi connectivity index (χ0n) is 17.4.